The van der Waals surface area contributed by atoms with E-state index in [0.717, 1.165) is 38.2 Å². The highest BCUT2D eigenvalue weighted by Crippen LogP contribution is 2.13. The van der Waals surface area contributed by atoms with Crippen molar-refractivity contribution in [1.29, 1.82) is 0 Å². The summed E-state index contributed by atoms with van der Waals surface area (Å²) in [6.45, 7) is 18.3. The first-order chi connectivity index (χ1) is 25.9. The molecule has 0 bridgehead atoms. The summed E-state index contributed by atoms with van der Waals surface area (Å²) in [4.78, 5) is 0.150. The largest absolute Gasteiger partial charge is 0.394 e. The summed E-state index contributed by atoms with van der Waals surface area (Å²) in [6, 6.07) is 17.1. The van der Waals surface area contributed by atoms with E-state index < -0.39 is 10.1 Å². The van der Waals surface area contributed by atoms with Crippen molar-refractivity contribution in [3.05, 3.63) is 65.7 Å². The molecule has 0 unspecified atom stereocenters. The Balaban J connectivity index is 0.000000799. The van der Waals surface area contributed by atoms with E-state index in [1.807, 2.05) is 27.7 Å². The molecule has 308 valence electrons. The first kappa shape index (κ1) is 51.0. The molecule has 0 heterocycles. The monoisotopic (exact) mass is 776 g/mol. The van der Waals surface area contributed by atoms with Crippen molar-refractivity contribution in [3.63, 3.8) is 0 Å². The third-order valence-electron chi connectivity index (χ3n) is 6.70. The Kier molecular flexibility index (Phi) is 38.1. The van der Waals surface area contributed by atoms with Crippen LogP contribution in [0.25, 0.3) is 0 Å². The van der Waals surface area contributed by atoms with Crippen LogP contribution in [-0.2, 0) is 63.4 Å². The number of aryl methyl sites for hydroxylation is 2. The van der Waals surface area contributed by atoms with Gasteiger partial charge in [-0.1, -0.05) is 48.0 Å². The topological polar surface area (TPSA) is 147 Å². The lowest BCUT2D eigenvalue weighted by atomic mass is 10.1. The van der Waals surface area contributed by atoms with E-state index in [9.17, 15) is 8.42 Å². The molecule has 0 saturated heterocycles. The minimum atomic E-state index is -3.71. The summed E-state index contributed by atoms with van der Waals surface area (Å²) in [7, 11) is -3.71. The third-order valence-corrected chi connectivity index (χ3v) is 8.03. The second kappa shape index (κ2) is 39.6. The standard InChI is InChI=1S/C16H26O3.C15H24O6S.C8H18O4/c1-2-17-12-13-19-15-14-18-11-7-6-10-16-8-4-3-5-9-16;1-3-18-8-9-19-10-11-20-12-13-21-22(16,17)15-6-4-14(2)5-7-15;1-2-10-5-6-12-8-7-11-4-3-9/h3-5,8-9H,2,6-7,10-15H2,1H3;4-7H,3,8-13H2,1-2H3;9H,2-8H2,1H3. The van der Waals surface area contributed by atoms with Gasteiger partial charge in [-0.15, -0.1) is 0 Å². The zero-order valence-corrected chi connectivity index (χ0v) is 33.5. The van der Waals surface area contributed by atoms with E-state index in [1.54, 1.807) is 12.1 Å². The van der Waals surface area contributed by atoms with Crippen LogP contribution in [0.1, 0.15) is 44.7 Å². The molecular formula is C39H68O13S. The molecule has 0 aliphatic heterocycles. The van der Waals surface area contributed by atoms with E-state index in [4.69, 9.17) is 51.9 Å². The van der Waals surface area contributed by atoms with Crippen molar-refractivity contribution >= 4 is 10.1 Å². The molecule has 0 aliphatic rings. The average Bonchev–Trinajstić information content (AvgIpc) is 3.17. The molecule has 13 nitrogen and oxygen atoms in total. The maximum atomic E-state index is 11.9. The molecule has 1 N–H and O–H groups in total. The molecule has 0 saturated carbocycles. The van der Waals surface area contributed by atoms with Gasteiger partial charge in [-0.05, 0) is 64.7 Å². The van der Waals surface area contributed by atoms with Gasteiger partial charge in [0.15, 0.2) is 0 Å². The molecule has 2 aromatic carbocycles. The van der Waals surface area contributed by atoms with Crippen molar-refractivity contribution in [2.45, 2.75) is 51.9 Å². The summed E-state index contributed by atoms with van der Waals surface area (Å²) in [5.74, 6) is 0. The van der Waals surface area contributed by atoms with Gasteiger partial charge in [0.2, 0.25) is 0 Å². The van der Waals surface area contributed by atoms with Crippen LogP contribution in [0.2, 0.25) is 0 Å². The van der Waals surface area contributed by atoms with Crippen LogP contribution in [0.5, 0.6) is 0 Å². The average molecular weight is 777 g/mol. The van der Waals surface area contributed by atoms with Gasteiger partial charge in [-0.3, -0.25) is 4.18 Å². The number of benzene rings is 2. The fraction of sp³-hybridized carbons (Fsp3) is 0.692. The Morgan fingerprint density at radius 3 is 1.30 bits per heavy atom. The summed E-state index contributed by atoms with van der Waals surface area (Å²) < 4.78 is 75.5. The number of rotatable bonds is 33. The minimum Gasteiger partial charge on any atom is -0.394 e. The second-order valence-corrected chi connectivity index (χ2v) is 12.6. The first-order valence-electron chi connectivity index (χ1n) is 18.7. The van der Waals surface area contributed by atoms with Crippen LogP contribution < -0.4 is 0 Å². The van der Waals surface area contributed by atoms with E-state index in [2.05, 4.69) is 30.3 Å². The van der Waals surface area contributed by atoms with E-state index in [-0.39, 0.29) is 24.7 Å². The zero-order chi connectivity index (χ0) is 38.9. The fourth-order valence-corrected chi connectivity index (χ4v) is 4.86. The Labute approximate surface area is 319 Å². The van der Waals surface area contributed by atoms with Gasteiger partial charge in [0.05, 0.1) is 111 Å². The van der Waals surface area contributed by atoms with Crippen LogP contribution in [0.15, 0.2) is 59.5 Å². The quantitative estimate of drug-likeness (QED) is 0.0776. The van der Waals surface area contributed by atoms with Gasteiger partial charge in [0.1, 0.15) is 0 Å². The summed E-state index contributed by atoms with van der Waals surface area (Å²) in [5.41, 5.74) is 2.40. The molecule has 0 fully saturated rings. The van der Waals surface area contributed by atoms with E-state index in [0.29, 0.717) is 92.5 Å². The molecule has 2 rings (SSSR count). The molecule has 14 heteroatoms. The molecule has 2 aromatic rings. The number of unbranched alkanes of at least 4 members (excludes halogenated alkanes) is 1. The smallest absolute Gasteiger partial charge is 0.297 e. The number of hydrogen-bond acceptors (Lipinski definition) is 13. The summed E-state index contributed by atoms with van der Waals surface area (Å²) in [6.07, 6.45) is 3.41. The molecule has 0 aliphatic carbocycles. The molecule has 0 spiro atoms. The maximum absolute atomic E-state index is 11.9. The predicted molar refractivity (Wildman–Crippen MR) is 205 cm³/mol. The van der Waals surface area contributed by atoms with Crippen LogP contribution in [0.3, 0.4) is 0 Å². The van der Waals surface area contributed by atoms with Gasteiger partial charge < -0.3 is 47.7 Å². The molecule has 0 aromatic heterocycles. The molecule has 0 amide bonds. The summed E-state index contributed by atoms with van der Waals surface area (Å²) >= 11 is 0. The molecule has 0 atom stereocenters. The third kappa shape index (κ3) is 35.4. The van der Waals surface area contributed by atoms with Crippen LogP contribution in [-0.4, -0.2) is 146 Å². The Morgan fingerprint density at radius 1 is 0.472 bits per heavy atom. The van der Waals surface area contributed by atoms with Gasteiger partial charge in [-0.2, -0.15) is 8.42 Å². The normalized spacial score (nSPS) is 11.1. The maximum Gasteiger partial charge on any atom is 0.297 e. The number of aliphatic hydroxyl groups is 1. The van der Waals surface area contributed by atoms with E-state index in [1.165, 1.54) is 24.1 Å². The van der Waals surface area contributed by atoms with Crippen molar-refractivity contribution in [1.82, 2.24) is 0 Å². The molecule has 53 heavy (non-hydrogen) atoms. The van der Waals surface area contributed by atoms with Crippen molar-refractivity contribution in [2.75, 3.05) is 132 Å². The van der Waals surface area contributed by atoms with Crippen molar-refractivity contribution in [3.8, 4) is 0 Å². The fourth-order valence-electron chi connectivity index (χ4n) is 3.97. The molecule has 0 radical (unpaired) electrons. The molecular weight excluding hydrogens is 708 g/mol. The second-order valence-electron chi connectivity index (χ2n) is 11.0. The highest BCUT2D eigenvalue weighted by molar-refractivity contribution is 7.86. The Hall–Kier alpha value is -2.05. The number of hydrogen-bond donors (Lipinski definition) is 1. The highest BCUT2D eigenvalue weighted by atomic mass is 32.2. The minimum absolute atomic E-state index is 0.0187. The van der Waals surface area contributed by atoms with Crippen LogP contribution in [0.4, 0.5) is 0 Å². The highest BCUT2D eigenvalue weighted by Gasteiger charge is 2.14. The number of ether oxygens (including phenoxy) is 9. The van der Waals surface area contributed by atoms with E-state index >= 15 is 0 Å². The van der Waals surface area contributed by atoms with Gasteiger partial charge >= 0.3 is 0 Å². The van der Waals surface area contributed by atoms with Crippen LogP contribution >= 0.6 is 0 Å². The van der Waals surface area contributed by atoms with Gasteiger partial charge in [-0.25, -0.2) is 0 Å². The van der Waals surface area contributed by atoms with Crippen molar-refractivity contribution in [2.24, 2.45) is 0 Å². The zero-order valence-electron chi connectivity index (χ0n) is 32.7. The predicted octanol–water partition coefficient (Wildman–Crippen LogP) is 4.90. The van der Waals surface area contributed by atoms with Crippen molar-refractivity contribution < 1.29 is 60.3 Å². The Morgan fingerprint density at radius 2 is 0.868 bits per heavy atom. The van der Waals surface area contributed by atoms with Crippen LogP contribution in [0, 0.1) is 6.92 Å². The van der Waals surface area contributed by atoms with Gasteiger partial charge in [0, 0.05) is 26.4 Å². The SMILES string of the molecule is CCOCCOCCOCCCCc1ccccc1.CCOCCOCCOCCO.CCOCCOCCOCCOS(=O)(=O)c1ccc(C)cc1. The number of aliphatic hydroxyl groups excluding tert-OH is 1. The summed E-state index contributed by atoms with van der Waals surface area (Å²) in [5, 5.41) is 8.35. The van der Waals surface area contributed by atoms with Gasteiger partial charge in [0.25, 0.3) is 10.1 Å². The lowest BCUT2D eigenvalue weighted by Gasteiger charge is -2.07. The lowest BCUT2D eigenvalue weighted by molar-refractivity contribution is 0.00965. The Bertz CT molecular complexity index is 1100. The first-order valence-corrected chi connectivity index (χ1v) is 20.1. The lowest BCUT2D eigenvalue weighted by Crippen LogP contribution is -2.14.